The van der Waals surface area contributed by atoms with Crippen LogP contribution in [0.3, 0.4) is 0 Å². The second-order valence-corrected chi connectivity index (χ2v) is 10.2. The van der Waals surface area contributed by atoms with E-state index in [-0.39, 0.29) is 23.0 Å². The zero-order valence-corrected chi connectivity index (χ0v) is 21.9. The largest absolute Gasteiger partial charge is 0.494 e. The minimum atomic E-state index is -4.35. The average Bonchev–Trinajstić information content (AvgIpc) is 2.86. The number of ether oxygens (including phenoxy) is 2. The van der Waals surface area contributed by atoms with Crippen LogP contribution in [0.15, 0.2) is 65.7 Å². The maximum Gasteiger partial charge on any atom is 0.281 e. The number of nitrogens with two attached hydrogens (primary N) is 1. The van der Waals surface area contributed by atoms with Crippen molar-refractivity contribution in [2.45, 2.75) is 25.8 Å². The number of amides is 1. The smallest absolute Gasteiger partial charge is 0.281 e. The second-order valence-electron chi connectivity index (χ2n) is 8.56. The van der Waals surface area contributed by atoms with Gasteiger partial charge in [0.05, 0.1) is 12.8 Å². The number of pyridine rings is 2. The van der Waals surface area contributed by atoms with Crippen molar-refractivity contribution in [3.8, 4) is 28.6 Å². The molecule has 38 heavy (non-hydrogen) atoms. The van der Waals surface area contributed by atoms with Gasteiger partial charge in [0.2, 0.25) is 5.88 Å². The van der Waals surface area contributed by atoms with E-state index in [2.05, 4.69) is 9.97 Å². The summed E-state index contributed by atoms with van der Waals surface area (Å²) in [6, 6.07) is 14.9. The summed E-state index contributed by atoms with van der Waals surface area (Å²) < 4.78 is 52.8. The summed E-state index contributed by atoms with van der Waals surface area (Å²) in [6.45, 7) is 5.64. The van der Waals surface area contributed by atoms with Crippen LogP contribution in [-0.4, -0.2) is 31.4 Å². The van der Waals surface area contributed by atoms with Gasteiger partial charge in [-0.25, -0.2) is 19.1 Å². The molecule has 3 N–H and O–H groups in total. The number of methoxy groups -OCH3 is 1. The Balaban J connectivity index is 1.79. The zero-order chi connectivity index (χ0) is 27.6. The van der Waals surface area contributed by atoms with E-state index in [1.165, 1.54) is 55.6 Å². The number of anilines is 1. The maximum atomic E-state index is 14.0. The van der Waals surface area contributed by atoms with E-state index in [1.54, 1.807) is 0 Å². The molecule has 0 atom stereocenters. The molecule has 0 radical (unpaired) electrons. The van der Waals surface area contributed by atoms with Gasteiger partial charge in [0.1, 0.15) is 17.1 Å². The van der Waals surface area contributed by atoms with Gasteiger partial charge in [0.25, 0.3) is 15.9 Å². The first-order valence-corrected chi connectivity index (χ1v) is 12.9. The van der Waals surface area contributed by atoms with Crippen molar-refractivity contribution in [1.29, 1.82) is 0 Å². The summed E-state index contributed by atoms with van der Waals surface area (Å²) in [5.74, 6) is -1.22. The number of benzene rings is 2. The number of halogens is 1. The number of hydrogen-bond acceptors (Lipinski definition) is 8. The molecule has 0 saturated carbocycles. The molecule has 1 amide bonds. The molecule has 0 saturated heterocycles. The number of sulfonamides is 1. The third kappa shape index (κ3) is 5.57. The van der Waals surface area contributed by atoms with E-state index >= 15 is 0 Å². The van der Waals surface area contributed by atoms with Gasteiger partial charge in [-0.15, -0.1) is 0 Å². The third-order valence-electron chi connectivity index (χ3n) is 5.60. The van der Waals surface area contributed by atoms with Gasteiger partial charge in [-0.1, -0.05) is 23.8 Å². The molecule has 0 aliphatic heterocycles. The molecular formula is C27H25FN4O5S. The highest BCUT2D eigenvalue weighted by Gasteiger charge is 2.25. The Labute approximate surface area is 219 Å². The topological polar surface area (TPSA) is 134 Å². The van der Waals surface area contributed by atoms with Crippen LogP contribution in [0.25, 0.3) is 11.3 Å². The fourth-order valence-corrected chi connectivity index (χ4v) is 4.85. The molecule has 0 spiro atoms. The number of carbonyl (C=O) groups is 1. The predicted octanol–water partition coefficient (Wildman–Crippen LogP) is 4.71. The lowest BCUT2D eigenvalue weighted by Crippen LogP contribution is -2.31. The predicted molar refractivity (Wildman–Crippen MR) is 140 cm³/mol. The lowest BCUT2D eigenvalue weighted by molar-refractivity contribution is 0.0978. The lowest BCUT2D eigenvalue weighted by Gasteiger charge is -2.16. The summed E-state index contributed by atoms with van der Waals surface area (Å²) in [4.78, 5) is 21.5. The van der Waals surface area contributed by atoms with Crippen LogP contribution in [0.5, 0.6) is 17.4 Å². The number of aryl methyl sites for hydroxylation is 3. The number of nitrogens with zero attached hydrogens (tertiary/aromatic N) is 2. The zero-order valence-electron chi connectivity index (χ0n) is 21.1. The standard InChI is InChI=1S/C27H25FN4O5S/c1-15-12-16(2)25(17(3)13-15)37-27-19(26(33)32-38(34,35)24-7-5-6-23(29)31-24)9-11-21(30-27)18-8-10-20(28)22(14-18)36-4/h5-14H,1-4H3,(H2,29,31)(H,32,33). The van der Waals surface area contributed by atoms with Crippen molar-refractivity contribution in [3.05, 3.63) is 88.7 Å². The molecule has 4 rings (SSSR count). The summed E-state index contributed by atoms with van der Waals surface area (Å²) in [5, 5.41) is -0.415. The van der Waals surface area contributed by atoms with Gasteiger partial charge in [-0.2, -0.15) is 8.42 Å². The first-order chi connectivity index (χ1) is 18.0. The summed E-state index contributed by atoms with van der Waals surface area (Å²) in [5.41, 5.74) is 8.90. The first-order valence-electron chi connectivity index (χ1n) is 11.4. The van der Waals surface area contributed by atoms with E-state index in [4.69, 9.17) is 15.2 Å². The fourth-order valence-electron chi connectivity index (χ4n) is 3.91. The number of carbonyl (C=O) groups excluding carboxylic acids is 1. The average molecular weight is 537 g/mol. The number of rotatable bonds is 7. The molecule has 2 aromatic carbocycles. The van der Waals surface area contributed by atoms with Crippen LogP contribution in [0.4, 0.5) is 10.2 Å². The Morgan fingerprint density at radius 2 is 1.68 bits per heavy atom. The van der Waals surface area contributed by atoms with Gasteiger partial charge >= 0.3 is 0 Å². The van der Waals surface area contributed by atoms with Crippen molar-refractivity contribution in [2.24, 2.45) is 0 Å². The Morgan fingerprint density at radius 1 is 0.974 bits per heavy atom. The molecule has 11 heteroatoms. The normalized spacial score (nSPS) is 11.2. The van der Waals surface area contributed by atoms with E-state index in [9.17, 15) is 17.6 Å². The van der Waals surface area contributed by atoms with E-state index in [0.29, 0.717) is 17.0 Å². The number of nitrogens with one attached hydrogen (secondary N) is 1. The molecule has 0 fully saturated rings. The highest BCUT2D eigenvalue weighted by Crippen LogP contribution is 2.33. The van der Waals surface area contributed by atoms with Gasteiger partial charge in [0.15, 0.2) is 16.6 Å². The van der Waals surface area contributed by atoms with E-state index in [0.717, 1.165) is 16.7 Å². The van der Waals surface area contributed by atoms with Crippen molar-refractivity contribution in [1.82, 2.24) is 14.7 Å². The summed E-state index contributed by atoms with van der Waals surface area (Å²) in [7, 11) is -3.01. The Morgan fingerprint density at radius 3 is 2.34 bits per heavy atom. The van der Waals surface area contributed by atoms with Crippen LogP contribution in [0.1, 0.15) is 27.0 Å². The van der Waals surface area contributed by atoms with E-state index in [1.807, 2.05) is 37.6 Å². The molecule has 9 nitrogen and oxygen atoms in total. The number of hydrogen-bond donors (Lipinski definition) is 2. The molecule has 2 heterocycles. The van der Waals surface area contributed by atoms with Crippen molar-refractivity contribution >= 4 is 21.7 Å². The number of aromatic nitrogens is 2. The highest BCUT2D eigenvalue weighted by molar-refractivity contribution is 7.90. The molecular weight excluding hydrogens is 511 g/mol. The maximum absolute atomic E-state index is 14.0. The van der Waals surface area contributed by atoms with Crippen LogP contribution >= 0.6 is 0 Å². The van der Waals surface area contributed by atoms with Crippen molar-refractivity contribution in [3.63, 3.8) is 0 Å². The van der Waals surface area contributed by atoms with Gasteiger partial charge < -0.3 is 15.2 Å². The molecule has 0 unspecified atom stereocenters. The van der Waals surface area contributed by atoms with Crippen molar-refractivity contribution in [2.75, 3.05) is 12.8 Å². The molecule has 0 aliphatic rings. The minimum absolute atomic E-state index is 0.0135. The quantitative estimate of drug-likeness (QED) is 0.347. The van der Waals surface area contributed by atoms with Gasteiger partial charge in [-0.05, 0) is 74.4 Å². The summed E-state index contributed by atoms with van der Waals surface area (Å²) >= 11 is 0. The molecule has 196 valence electrons. The van der Waals surface area contributed by atoms with Crippen LogP contribution < -0.4 is 19.9 Å². The van der Waals surface area contributed by atoms with Crippen LogP contribution in [-0.2, 0) is 10.0 Å². The monoisotopic (exact) mass is 536 g/mol. The molecule has 2 aromatic heterocycles. The Bertz CT molecular complexity index is 1630. The van der Waals surface area contributed by atoms with Crippen molar-refractivity contribution < 1.29 is 27.1 Å². The second kappa shape index (κ2) is 10.5. The molecule has 0 bridgehead atoms. The van der Waals surface area contributed by atoms with E-state index < -0.39 is 26.8 Å². The van der Waals surface area contributed by atoms with Gasteiger partial charge in [-0.3, -0.25) is 4.79 Å². The van der Waals surface area contributed by atoms with Crippen LogP contribution in [0, 0.1) is 26.6 Å². The third-order valence-corrected chi connectivity index (χ3v) is 6.83. The lowest BCUT2D eigenvalue weighted by atomic mass is 10.1. The SMILES string of the molecule is COc1cc(-c2ccc(C(=O)NS(=O)(=O)c3cccc(N)n3)c(Oc3c(C)cc(C)cc3C)n2)ccc1F. The molecule has 4 aromatic rings. The first kappa shape index (κ1) is 26.6. The fraction of sp³-hybridized carbons (Fsp3) is 0.148. The Kier molecular flexibility index (Phi) is 7.31. The molecule has 0 aliphatic carbocycles. The highest BCUT2D eigenvalue weighted by atomic mass is 32.2. The van der Waals surface area contributed by atoms with Crippen LogP contribution in [0.2, 0.25) is 0 Å². The summed E-state index contributed by atoms with van der Waals surface area (Å²) in [6.07, 6.45) is 0. The minimum Gasteiger partial charge on any atom is -0.494 e. The number of nitrogen functional groups attached to an aromatic ring is 1. The Hall–Kier alpha value is -4.51. The van der Waals surface area contributed by atoms with Gasteiger partial charge in [0, 0.05) is 5.56 Å².